The molecule has 0 aliphatic rings. The predicted octanol–water partition coefficient (Wildman–Crippen LogP) is 2.25. The van der Waals surface area contributed by atoms with Crippen molar-refractivity contribution in [2.45, 2.75) is 12.9 Å². The van der Waals surface area contributed by atoms with Crippen LogP contribution in [0.25, 0.3) is 0 Å². The molecule has 1 aromatic rings. The minimum atomic E-state index is -4.66. The maximum Gasteiger partial charge on any atom is 0.573 e. The fourth-order valence-electron chi connectivity index (χ4n) is 1.71. The van der Waals surface area contributed by atoms with Crippen molar-refractivity contribution in [2.24, 2.45) is 0 Å². The van der Waals surface area contributed by atoms with Crippen molar-refractivity contribution in [3.05, 3.63) is 29.8 Å². The fraction of sp³-hybridized carbons (Fsp3) is 0.571. The number of methoxy groups -OCH3 is 1. The molecule has 7 heteroatoms. The van der Waals surface area contributed by atoms with Gasteiger partial charge in [-0.05, 0) is 24.7 Å². The zero-order valence-electron chi connectivity index (χ0n) is 12.2. The highest BCUT2D eigenvalue weighted by Gasteiger charge is 2.31. The Balaban J connectivity index is 2.30. The molecular weight excluding hydrogens is 285 g/mol. The van der Waals surface area contributed by atoms with Gasteiger partial charge in [-0.3, -0.25) is 0 Å². The molecule has 0 spiro atoms. The van der Waals surface area contributed by atoms with Gasteiger partial charge in [-0.2, -0.15) is 0 Å². The molecule has 120 valence electrons. The molecule has 0 aliphatic carbocycles. The van der Waals surface area contributed by atoms with Crippen molar-refractivity contribution >= 4 is 0 Å². The Kier molecular flexibility index (Phi) is 7.49. The lowest BCUT2D eigenvalue weighted by Gasteiger charge is -2.16. The maximum atomic E-state index is 12.1. The molecule has 21 heavy (non-hydrogen) atoms. The largest absolute Gasteiger partial charge is 0.573 e. The fourth-order valence-corrected chi connectivity index (χ4v) is 1.71. The summed E-state index contributed by atoms with van der Waals surface area (Å²) in [5.74, 6) is -0.195. The van der Waals surface area contributed by atoms with E-state index in [1.165, 1.54) is 12.1 Å². The second-order valence-corrected chi connectivity index (χ2v) is 4.67. The molecule has 0 aliphatic heterocycles. The molecular formula is C14H21F3N2O2. The van der Waals surface area contributed by atoms with E-state index < -0.39 is 6.36 Å². The van der Waals surface area contributed by atoms with Crippen LogP contribution in [0.3, 0.4) is 0 Å². The highest BCUT2D eigenvalue weighted by molar-refractivity contribution is 5.28. The summed E-state index contributed by atoms with van der Waals surface area (Å²) in [4.78, 5) is 2.11. The van der Waals surface area contributed by atoms with Gasteiger partial charge in [-0.25, -0.2) is 0 Å². The Morgan fingerprint density at radius 3 is 2.67 bits per heavy atom. The van der Waals surface area contributed by atoms with Crippen LogP contribution in [0, 0.1) is 0 Å². The summed E-state index contributed by atoms with van der Waals surface area (Å²) in [6.45, 7) is 3.58. The summed E-state index contributed by atoms with van der Waals surface area (Å²) in [5, 5.41) is 3.18. The van der Waals surface area contributed by atoms with E-state index in [9.17, 15) is 13.2 Å². The van der Waals surface area contributed by atoms with Crippen LogP contribution in [0.15, 0.2) is 24.3 Å². The van der Waals surface area contributed by atoms with E-state index in [1.807, 2.05) is 7.05 Å². The lowest BCUT2D eigenvalue weighted by atomic mass is 10.2. The SMILES string of the molecule is COCCN(C)CCNCc1cccc(OC(F)(F)F)c1. The van der Waals surface area contributed by atoms with Gasteiger partial charge in [0.2, 0.25) is 0 Å². The summed E-state index contributed by atoms with van der Waals surface area (Å²) in [7, 11) is 3.64. The second-order valence-electron chi connectivity index (χ2n) is 4.67. The molecule has 0 fully saturated rings. The molecule has 1 N–H and O–H groups in total. The molecule has 0 saturated heterocycles. The van der Waals surface area contributed by atoms with Crippen molar-refractivity contribution in [3.8, 4) is 5.75 Å². The number of hydrogen-bond donors (Lipinski definition) is 1. The molecule has 0 atom stereocenters. The van der Waals surface area contributed by atoms with Gasteiger partial charge in [-0.1, -0.05) is 12.1 Å². The Morgan fingerprint density at radius 2 is 2.00 bits per heavy atom. The number of rotatable bonds is 9. The summed E-state index contributed by atoms with van der Waals surface area (Å²) < 4.78 is 45.2. The topological polar surface area (TPSA) is 33.7 Å². The number of hydrogen-bond acceptors (Lipinski definition) is 4. The average molecular weight is 306 g/mol. The standard InChI is InChI=1S/C14H21F3N2O2/c1-19(8-9-20-2)7-6-18-11-12-4-3-5-13(10-12)21-14(15,16)17/h3-5,10,18H,6-9,11H2,1-2H3. The van der Waals surface area contributed by atoms with Gasteiger partial charge in [0.05, 0.1) is 6.61 Å². The predicted molar refractivity (Wildman–Crippen MR) is 74.2 cm³/mol. The normalized spacial score (nSPS) is 11.9. The summed E-state index contributed by atoms with van der Waals surface area (Å²) >= 11 is 0. The first-order valence-corrected chi connectivity index (χ1v) is 6.63. The van der Waals surface area contributed by atoms with Crippen LogP contribution >= 0.6 is 0 Å². The van der Waals surface area contributed by atoms with Crippen molar-refractivity contribution in [3.63, 3.8) is 0 Å². The third kappa shape index (κ3) is 8.54. The van der Waals surface area contributed by atoms with E-state index in [0.29, 0.717) is 13.2 Å². The number of benzene rings is 1. The van der Waals surface area contributed by atoms with E-state index in [-0.39, 0.29) is 5.75 Å². The van der Waals surface area contributed by atoms with Crippen LogP contribution in [-0.4, -0.2) is 51.7 Å². The average Bonchev–Trinajstić information content (AvgIpc) is 2.40. The number of halogens is 3. The Labute approximate surface area is 122 Å². The monoisotopic (exact) mass is 306 g/mol. The third-order valence-electron chi connectivity index (χ3n) is 2.81. The zero-order chi connectivity index (χ0) is 15.7. The maximum absolute atomic E-state index is 12.1. The number of alkyl halides is 3. The van der Waals surface area contributed by atoms with E-state index in [1.54, 1.807) is 19.2 Å². The lowest BCUT2D eigenvalue weighted by molar-refractivity contribution is -0.274. The van der Waals surface area contributed by atoms with E-state index in [0.717, 1.165) is 25.2 Å². The lowest BCUT2D eigenvalue weighted by Crippen LogP contribution is -2.31. The first kappa shape index (κ1) is 17.7. The minimum absolute atomic E-state index is 0.195. The van der Waals surface area contributed by atoms with E-state index in [4.69, 9.17) is 4.74 Å². The minimum Gasteiger partial charge on any atom is -0.406 e. The van der Waals surface area contributed by atoms with Crippen molar-refractivity contribution in [1.29, 1.82) is 0 Å². The first-order chi connectivity index (χ1) is 9.90. The van der Waals surface area contributed by atoms with Crippen LogP contribution in [0.4, 0.5) is 13.2 Å². The summed E-state index contributed by atoms with van der Waals surface area (Å²) in [6, 6.07) is 5.97. The van der Waals surface area contributed by atoms with Crippen molar-refractivity contribution < 1.29 is 22.6 Å². The number of nitrogens with one attached hydrogen (secondary N) is 1. The van der Waals surface area contributed by atoms with E-state index >= 15 is 0 Å². The van der Waals surface area contributed by atoms with Gasteiger partial charge in [0.25, 0.3) is 0 Å². The first-order valence-electron chi connectivity index (χ1n) is 6.63. The molecule has 4 nitrogen and oxygen atoms in total. The molecule has 0 unspecified atom stereocenters. The number of ether oxygens (including phenoxy) is 2. The van der Waals surface area contributed by atoms with Gasteiger partial charge in [-0.15, -0.1) is 13.2 Å². The Morgan fingerprint density at radius 1 is 1.24 bits per heavy atom. The summed E-state index contributed by atoms with van der Waals surface area (Å²) in [6.07, 6.45) is -4.66. The molecule has 0 bridgehead atoms. The molecule has 0 aromatic heterocycles. The second kappa shape index (κ2) is 8.86. The van der Waals surface area contributed by atoms with Crippen LogP contribution in [0.1, 0.15) is 5.56 Å². The van der Waals surface area contributed by atoms with Crippen molar-refractivity contribution in [2.75, 3.05) is 40.4 Å². The van der Waals surface area contributed by atoms with Crippen molar-refractivity contribution in [1.82, 2.24) is 10.2 Å². The Bertz CT molecular complexity index is 413. The van der Waals surface area contributed by atoms with Gasteiger partial charge < -0.3 is 19.7 Å². The van der Waals surface area contributed by atoms with Gasteiger partial charge in [0, 0.05) is 33.3 Å². The smallest absolute Gasteiger partial charge is 0.406 e. The Hall–Kier alpha value is -1.31. The molecule has 1 aromatic carbocycles. The van der Waals surface area contributed by atoms with E-state index in [2.05, 4.69) is 15.0 Å². The zero-order valence-corrected chi connectivity index (χ0v) is 12.2. The third-order valence-corrected chi connectivity index (χ3v) is 2.81. The van der Waals surface area contributed by atoms with Gasteiger partial charge in [0.15, 0.2) is 0 Å². The number of likely N-dealkylation sites (N-methyl/N-ethyl adjacent to an activating group) is 1. The molecule has 0 saturated carbocycles. The highest BCUT2D eigenvalue weighted by atomic mass is 19.4. The summed E-state index contributed by atoms with van der Waals surface area (Å²) in [5.41, 5.74) is 0.747. The quantitative estimate of drug-likeness (QED) is 0.710. The molecule has 0 amide bonds. The van der Waals surface area contributed by atoms with Crippen LogP contribution < -0.4 is 10.1 Å². The molecule has 1 rings (SSSR count). The van der Waals surface area contributed by atoms with Gasteiger partial charge in [0.1, 0.15) is 5.75 Å². The molecule has 0 heterocycles. The highest BCUT2D eigenvalue weighted by Crippen LogP contribution is 2.23. The molecule has 0 radical (unpaired) electrons. The van der Waals surface area contributed by atoms with Gasteiger partial charge >= 0.3 is 6.36 Å². The number of nitrogens with zero attached hydrogens (tertiary/aromatic N) is 1. The van der Waals surface area contributed by atoms with Crippen LogP contribution in [0.5, 0.6) is 5.75 Å². The van der Waals surface area contributed by atoms with Crippen LogP contribution in [-0.2, 0) is 11.3 Å². The van der Waals surface area contributed by atoms with Crippen LogP contribution in [0.2, 0.25) is 0 Å².